The van der Waals surface area contributed by atoms with Crippen LogP contribution in [0.25, 0.3) is 0 Å². The number of anilines is 4. The Hall–Kier alpha value is -3.86. The summed E-state index contributed by atoms with van der Waals surface area (Å²) in [6, 6.07) is 5.46. The Labute approximate surface area is 248 Å². The van der Waals surface area contributed by atoms with Crippen molar-refractivity contribution in [1.82, 2.24) is 25.1 Å². The lowest BCUT2D eigenvalue weighted by atomic mass is 9.97. The minimum atomic E-state index is -0.277. The maximum atomic E-state index is 13.4. The number of rotatable bonds is 8. The fraction of sp³-hybridized carbons (Fsp3) is 0.548. The number of methoxy groups -OCH3 is 1. The fourth-order valence-electron chi connectivity index (χ4n) is 6.26. The predicted octanol–water partition coefficient (Wildman–Crippen LogP) is 3.61. The normalized spacial score (nSPS) is 20.6. The van der Waals surface area contributed by atoms with E-state index < -0.39 is 0 Å². The smallest absolute Gasteiger partial charge is 0.251 e. The van der Waals surface area contributed by atoms with Crippen LogP contribution in [0.15, 0.2) is 36.7 Å². The summed E-state index contributed by atoms with van der Waals surface area (Å²) in [5.41, 5.74) is 1.91. The van der Waals surface area contributed by atoms with Crippen LogP contribution in [-0.2, 0) is 4.79 Å². The summed E-state index contributed by atoms with van der Waals surface area (Å²) in [5, 5.41) is 6.46. The number of hydrogen-bond donors (Lipinski definition) is 2. The Morgan fingerprint density at radius 2 is 1.86 bits per heavy atom. The van der Waals surface area contributed by atoms with E-state index in [0.717, 1.165) is 57.7 Å². The Bertz CT molecular complexity index is 1300. The number of nitrogens with one attached hydrogen (secondary N) is 2. The fourth-order valence-corrected chi connectivity index (χ4v) is 6.26. The van der Waals surface area contributed by atoms with Gasteiger partial charge in [-0.25, -0.2) is 4.98 Å². The van der Waals surface area contributed by atoms with Gasteiger partial charge in [-0.3, -0.25) is 9.59 Å². The molecule has 2 saturated heterocycles. The molecule has 3 aliphatic rings. The molecule has 11 nitrogen and oxygen atoms in total. The van der Waals surface area contributed by atoms with Gasteiger partial charge in [-0.05, 0) is 83.6 Å². The third-order valence-electron chi connectivity index (χ3n) is 8.71. The van der Waals surface area contributed by atoms with Gasteiger partial charge in [0.2, 0.25) is 11.9 Å². The minimum Gasteiger partial charge on any atom is -0.495 e. The number of hydrogen-bond acceptors (Lipinski definition) is 9. The molecule has 0 bridgehead atoms. The first-order chi connectivity index (χ1) is 20.3. The van der Waals surface area contributed by atoms with Gasteiger partial charge in [-0.2, -0.15) is 4.98 Å². The van der Waals surface area contributed by atoms with E-state index in [1.807, 2.05) is 13.0 Å². The number of carbonyl (C=O) groups excluding carboxylic acids is 2. The van der Waals surface area contributed by atoms with Crippen molar-refractivity contribution in [2.45, 2.75) is 64.1 Å². The Morgan fingerprint density at radius 1 is 1.12 bits per heavy atom. The number of allylic oxidation sites excluding steroid dienone is 1. The minimum absolute atomic E-state index is 0.0703. The van der Waals surface area contributed by atoms with E-state index in [-0.39, 0.29) is 29.9 Å². The molecule has 3 aliphatic heterocycles. The van der Waals surface area contributed by atoms with E-state index in [4.69, 9.17) is 9.72 Å². The summed E-state index contributed by atoms with van der Waals surface area (Å²) in [6.07, 6.45) is 10.4. The SMILES string of the molecule is CC=CN1CCC(N2c3nc(Nc4ccc(C(=O)NC5CCN(C)CC5)cc4OC)ncc3N(C)C(=O)[C@H]2CC)CC1. The van der Waals surface area contributed by atoms with Crippen LogP contribution in [0.4, 0.5) is 23.1 Å². The zero-order valence-electron chi connectivity index (χ0n) is 25.5. The molecule has 0 spiro atoms. The zero-order chi connectivity index (χ0) is 29.8. The van der Waals surface area contributed by atoms with Gasteiger partial charge >= 0.3 is 0 Å². The molecule has 2 N–H and O–H groups in total. The van der Waals surface area contributed by atoms with Crippen LogP contribution >= 0.6 is 0 Å². The van der Waals surface area contributed by atoms with Crippen molar-refractivity contribution in [2.75, 3.05) is 62.5 Å². The van der Waals surface area contributed by atoms with Crippen LogP contribution in [0.3, 0.4) is 0 Å². The van der Waals surface area contributed by atoms with Crippen molar-refractivity contribution in [3.05, 3.63) is 42.2 Å². The average molecular weight is 577 g/mol. The van der Waals surface area contributed by atoms with Crippen LogP contribution in [-0.4, -0.2) is 97.1 Å². The monoisotopic (exact) mass is 576 g/mol. The Kier molecular flexibility index (Phi) is 9.15. The Morgan fingerprint density at radius 3 is 2.52 bits per heavy atom. The maximum Gasteiger partial charge on any atom is 0.251 e. The maximum absolute atomic E-state index is 13.4. The first-order valence-corrected chi connectivity index (χ1v) is 15.1. The lowest BCUT2D eigenvalue weighted by Gasteiger charge is -2.46. The molecule has 1 aromatic heterocycles. The van der Waals surface area contributed by atoms with Crippen LogP contribution in [0.2, 0.25) is 0 Å². The van der Waals surface area contributed by atoms with Gasteiger partial charge in [-0.1, -0.05) is 13.0 Å². The number of likely N-dealkylation sites (N-methyl/N-ethyl adjacent to an activating group) is 1. The van der Waals surface area contributed by atoms with Gasteiger partial charge in [0, 0.05) is 37.8 Å². The molecule has 2 aromatic rings. The van der Waals surface area contributed by atoms with Gasteiger partial charge in [0.25, 0.3) is 5.91 Å². The van der Waals surface area contributed by atoms with Crippen molar-refractivity contribution < 1.29 is 14.3 Å². The molecule has 1 aromatic carbocycles. The quantitative estimate of drug-likeness (QED) is 0.488. The number of fused-ring (bicyclic) bond motifs is 1. The highest BCUT2D eigenvalue weighted by Gasteiger charge is 2.41. The van der Waals surface area contributed by atoms with Crippen LogP contribution in [0.5, 0.6) is 5.75 Å². The van der Waals surface area contributed by atoms with E-state index in [0.29, 0.717) is 35.1 Å². The topological polar surface area (TPSA) is 106 Å². The van der Waals surface area contributed by atoms with Crippen molar-refractivity contribution in [3.63, 3.8) is 0 Å². The molecule has 0 saturated carbocycles. The molecule has 0 aliphatic carbocycles. The summed E-state index contributed by atoms with van der Waals surface area (Å²) < 4.78 is 5.66. The van der Waals surface area contributed by atoms with Gasteiger partial charge in [0.15, 0.2) is 5.82 Å². The number of piperidine rings is 2. The highest BCUT2D eigenvalue weighted by molar-refractivity contribution is 6.04. The molecular weight excluding hydrogens is 532 g/mol. The van der Waals surface area contributed by atoms with E-state index >= 15 is 0 Å². The predicted molar refractivity (Wildman–Crippen MR) is 166 cm³/mol. The second-order valence-corrected chi connectivity index (χ2v) is 11.5. The Balaban J connectivity index is 1.37. The number of carbonyl (C=O) groups is 2. The molecular formula is C31H44N8O3. The second kappa shape index (κ2) is 13.0. The third-order valence-corrected chi connectivity index (χ3v) is 8.71. The molecule has 0 radical (unpaired) electrons. The van der Waals surface area contributed by atoms with E-state index in [1.54, 1.807) is 37.4 Å². The molecule has 0 unspecified atom stereocenters. The van der Waals surface area contributed by atoms with Gasteiger partial charge < -0.3 is 35.0 Å². The van der Waals surface area contributed by atoms with Crippen LogP contribution in [0, 0.1) is 0 Å². The largest absolute Gasteiger partial charge is 0.495 e. The first-order valence-electron chi connectivity index (χ1n) is 15.1. The lowest BCUT2D eigenvalue weighted by molar-refractivity contribution is -0.120. The molecule has 2 amide bonds. The van der Waals surface area contributed by atoms with E-state index in [2.05, 4.69) is 56.6 Å². The number of benzene rings is 1. The molecule has 2 fully saturated rings. The van der Waals surface area contributed by atoms with Crippen molar-refractivity contribution >= 4 is 35.0 Å². The molecule has 5 rings (SSSR count). The zero-order valence-corrected chi connectivity index (χ0v) is 25.5. The summed E-state index contributed by atoms with van der Waals surface area (Å²) in [5.74, 6) is 1.66. The van der Waals surface area contributed by atoms with Crippen LogP contribution < -0.4 is 25.2 Å². The molecule has 11 heteroatoms. The van der Waals surface area contributed by atoms with Gasteiger partial charge in [0.1, 0.15) is 17.5 Å². The number of amides is 2. The summed E-state index contributed by atoms with van der Waals surface area (Å²) in [4.78, 5) is 44.4. The standard InChI is InChI=1S/C31H44N8O3/c1-6-14-38-17-12-23(13-18-38)39-25(7-2)30(41)37(4)26-20-32-31(35-28(26)39)34-24-9-8-21(19-27(24)42-5)29(40)33-22-10-15-36(3)16-11-22/h6,8-9,14,19-20,22-23,25H,7,10-13,15-18H2,1-5H3,(H,33,40)(H,32,34,35)/t25-/m1/s1. The highest BCUT2D eigenvalue weighted by atomic mass is 16.5. The van der Waals surface area contributed by atoms with Crippen molar-refractivity contribution in [2.24, 2.45) is 0 Å². The number of likely N-dealkylation sites (tertiary alicyclic amines) is 2. The van der Waals surface area contributed by atoms with Gasteiger partial charge in [0.05, 0.1) is 19.0 Å². The highest BCUT2D eigenvalue weighted by Crippen LogP contribution is 2.39. The average Bonchev–Trinajstić information content (AvgIpc) is 3.00. The first kappa shape index (κ1) is 29.6. The van der Waals surface area contributed by atoms with Crippen LogP contribution in [0.1, 0.15) is 56.3 Å². The second-order valence-electron chi connectivity index (χ2n) is 11.5. The molecule has 4 heterocycles. The lowest BCUT2D eigenvalue weighted by Crippen LogP contribution is -2.58. The van der Waals surface area contributed by atoms with Crippen molar-refractivity contribution in [3.8, 4) is 5.75 Å². The third kappa shape index (κ3) is 6.16. The summed E-state index contributed by atoms with van der Waals surface area (Å²) in [7, 11) is 5.48. The molecule has 42 heavy (non-hydrogen) atoms. The number of nitrogens with zero attached hydrogens (tertiary/aromatic N) is 6. The van der Waals surface area contributed by atoms with E-state index in [9.17, 15) is 9.59 Å². The summed E-state index contributed by atoms with van der Waals surface area (Å²) in [6.45, 7) is 7.92. The molecule has 1 atom stereocenters. The number of ether oxygens (including phenoxy) is 1. The van der Waals surface area contributed by atoms with Crippen molar-refractivity contribution in [1.29, 1.82) is 0 Å². The van der Waals surface area contributed by atoms with E-state index in [1.165, 1.54) is 0 Å². The molecule has 226 valence electrons. The number of aromatic nitrogens is 2. The van der Waals surface area contributed by atoms with Gasteiger partial charge in [-0.15, -0.1) is 0 Å². The summed E-state index contributed by atoms with van der Waals surface area (Å²) >= 11 is 0.